The molecule has 2 aliphatic heterocycles. The largest absolute Gasteiger partial charge is 0.357 e. The van der Waals surface area contributed by atoms with E-state index in [0.717, 1.165) is 50.3 Å². The molecule has 2 fully saturated rings. The molecule has 0 aliphatic carbocycles. The number of nitrogens with zero attached hydrogens (tertiary/aromatic N) is 4. The van der Waals surface area contributed by atoms with E-state index >= 15 is 0 Å². The van der Waals surface area contributed by atoms with Crippen molar-refractivity contribution < 1.29 is 0 Å². The SMILES string of the molecule is CN=C(NCCCN1CCC(C)CC1)NCc1ccnc(N2CCCCCC2)c1. The Morgan fingerprint density at radius 3 is 2.59 bits per heavy atom. The van der Waals surface area contributed by atoms with Crippen molar-refractivity contribution in [1.29, 1.82) is 0 Å². The van der Waals surface area contributed by atoms with Crippen LogP contribution in [0.25, 0.3) is 0 Å². The first-order valence-electron chi connectivity index (χ1n) is 11.6. The zero-order valence-electron chi connectivity index (χ0n) is 18.5. The second-order valence-electron chi connectivity index (χ2n) is 8.65. The summed E-state index contributed by atoms with van der Waals surface area (Å²) in [6, 6.07) is 4.32. The van der Waals surface area contributed by atoms with Gasteiger partial charge in [-0.1, -0.05) is 19.8 Å². The third-order valence-electron chi connectivity index (χ3n) is 6.24. The Bertz CT molecular complexity index is 616. The Morgan fingerprint density at radius 1 is 1.10 bits per heavy atom. The van der Waals surface area contributed by atoms with Crippen molar-refractivity contribution in [3.8, 4) is 0 Å². The number of likely N-dealkylation sites (tertiary alicyclic amines) is 1. The quantitative estimate of drug-likeness (QED) is 0.418. The molecule has 2 saturated heterocycles. The number of nitrogens with one attached hydrogen (secondary N) is 2. The first-order chi connectivity index (χ1) is 14.2. The third kappa shape index (κ3) is 7.50. The number of guanidine groups is 1. The van der Waals surface area contributed by atoms with E-state index in [1.807, 2.05) is 13.2 Å². The van der Waals surface area contributed by atoms with Gasteiger partial charge in [-0.05, 0) is 75.4 Å². The molecule has 29 heavy (non-hydrogen) atoms. The highest BCUT2D eigenvalue weighted by atomic mass is 15.2. The van der Waals surface area contributed by atoms with Crippen molar-refractivity contribution in [3.63, 3.8) is 0 Å². The zero-order valence-corrected chi connectivity index (χ0v) is 18.5. The van der Waals surface area contributed by atoms with Crippen LogP contribution in [-0.2, 0) is 6.54 Å². The minimum Gasteiger partial charge on any atom is -0.357 e. The van der Waals surface area contributed by atoms with Crippen LogP contribution in [0.2, 0.25) is 0 Å². The lowest BCUT2D eigenvalue weighted by molar-refractivity contribution is 0.191. The number of hydrogen-bond donors (Lipinski definition) is 2. The van der Waals surface area contributed by atoms with Gasteiger partial charge < -0.3 is 20.4 Å². The van der Waals surface area contributed by atoms with Crippen molar-refractivity contribution in [2.24, 2.45) is 10.9 Å². The molecular formula is C23H40N6. The van der Waals surface area contributed by atoms with Gasteiger partial charge in [0.05, 0.1) is 0 Å². The van der Waals surface area contributed by atoms with Gasteiger partial charge in [-0.25, -0.2) is 4.98 Å². The number of piperidine rings is 1. The molecule has 0 unspecified atom stereocenters. The predicted octanol–water partition coefficient (Wildman–Crippen LogP) is 3.25. The van der Waals surface area contributed by atoms with Gasteiger partial charge in [0.15, 0.2) is 5.96 Å². The minimum atomic E-state index is 0.771. The Kier molecular flexibility index (Phi) is 9.06. The molecule has 0 atom stereocenters. The molecule has 0 amide bonds. The average Bonchev–Trinajstić information content (AvgIpc) is 3.04. The summed E-state index contributed by atoms with van der Waals surface area (Å²) in [5, 5.41) is 6.91. The average molecular weight is 401 g/mol. The van der Waals surface area contributed by atoms with Gasteiger partial charge in [0.1, 0.15) is 5.82 Å². The van der Waals surface area contributed by atoms with Crippen LogP contribution in [-0.4, -0.2) is 62.2 Å². The molecular weight excluding hydrogens is 360 g/mol. The van der Waals surface area contributed by atoms with Gasteiger partial charge in [0.25, 0.3) is 0 Å². The maximum absolute atomic E-state index is 4.61. The Hall–Kier alpha value is -1.82. The molecule has 162 valence electrons. The second-order valence-corrected chi connectivity index (χ2v) is 8.65. The van der Waals surface area contributed by atoms with Crippen LogP contribution in [0.3, 0.4) is 0 Å². The van der Waals surface area contributed by atoms with Crippen LogP contribution in [0.4, 0.5) is 5.82 Å². The number of anilines is 1. The van der Waals surface area contributed by atoms with Crippen LogP contribution >= 0.6 is 0 Å². The molecule has 3 rings (SSSR count). The van der Waals surface area contributed by atoms with E-state index in [1.54, 1.807) is 0 Å². The maximum Gasteiger partial charge on any atom is 0.191 e. The van der Waals surface area contributed by atoms with Crippen molar-refractivity contribution in [1.82, 2.24) is 20.5 Å². The molecule has 6 nitrogen and oxygen atoms in total. The molecule has 0 spiro atoms. The maximum atomic E-state index is 4.61. The van der Waals surface area contributed by atoms with Crippen LogP contribution in [0.15, 0.2) is 23.3 Å². The summed E-state index contributed by atoms with van der Waals surface area (Å²) in [5.41, 5.74) is 1.25. The highest BCUT2D eigenvalue weighted by molar-refractivity contribution is 5.79. The smallest absolute Gasteiger partial charge is 0.191 e. The molecule has 0 bridgehead atoms. The van der Waals surface area contributed by atoms with E-state index in [-0.39, 0.29) is 0 Å². The van der Waals surface area contributed by atoms with Crippen LogP contribution in [0.5, 0.6) is 0 Å². The number of aliphatic imine (C=N–C) groups is 1. The fourth-order valence-electron chi connectivity index (χ4n) is 4.24. The molecule has 0 saturated carbocycles. The lowest BCUT2D eigenvalue weighted by atomic mass is 9.99. The number of pyridine rings is 1. The fraction of sp³-hybridized carbons (Fsp3) is 0.739. The molecule has 1 aromatic rings. The second kappa shape index (κ2) is 12.0. The van der Waals surface area contributed by atoms with Crippen LogP contribution in [0.1, 0.15) is 57.4 Å². The van der Waals surface area contributed by atoms with Crippen molar-refractivity contribution in [3.05, 3.63) is 23.9 Å². The third-order valence-corrected chi connectivity index (χ3v) is 6.24. The van der Waals surface area contributed by atoms with Gasteiger partial charge in [-0.2, -0.15) is 0 Å². The molecule has 0 radical (unpaired) electrons. The summed E-state index contributed by atoms with van der Waals surface area (Å²) in [5.74, 6) is 2.90. The standard InChI is InChI=1S/C23H40N6/c1-20-9-16-28(17-10-20)13-7-11-26-23(24-2)27-19-21-8-12-25-22(18-21)29-14-5-3-4-6-15-29/h8,12,18,20H,3-7,9-11,13-17,19H2,1-2H3,(H2,24,26,27). The summed E-state index contributed by atoms with van der Waals surface area (Å²) >= 11 is 0. The van der Waals surface area contributed by atoms with E-state index in [1.165, 1.54) is 63.7 Å². The molecule has 1 aromatic heterocycles. The normalized spacial score (nSPS) is 19.8. The number of rotatable bonds is 7. The van der Waals surface area contributed by atoms with Gasteiger partial charge >= 0.3 is 0 Å². The molecule has 6 heteroatoms. The summed E-state index contributed by atoms with van der Waals surface area (Å²) in [7, 11) is 1.84. The minimum absolute atomic E-state index is 0.771. The van der Waals surface area contributed by atoms with Gasteiger partial charge in [0.2, 0.25) is 0 Å². The van der Waals surface area contributed by atoms with E-state index in [2.05, 4.69) is 49.5 Å². The highest BCUT2D eigenvalue weighted by Gasteiger charge is 2.15. The predicted molar refractivity (Wildman–Crippen MR) is 123 cm³/mol. The highest BCUT2D eigenvalue weighted by Crippen LogP contribution is 2.18. The van der Waals surface area contributed by atoms with E-state index in [4.69, 9.17) is 0 Å². The summed E-state index contributed by atoms with van der Waals surface area (Å²) in [4.78, 5) is 14.0. The van der Waals surface area contributed by atoms with Crippen LogP contribution < -0.4 is 15.5 Å². The monoisotopic (exact) mass is 400 g/mol. The first kappa shape index (κ1) is 21.9. The van der Waals surface area contributed by atoms with Crippen molar-refractivity contribution >= 4 is 11.8 Å². The topological polar surface area (TPSA) is 55.8 Å². The first-order valence-corrected chi connectivity index (χ1v) is 11.6. The van der Waals surface area contributed by atoms with Gasteiger partial charge in [0, 0.05) is 39.4 Å². The zero-order chi connectivity index (χ0) is 20.3. The Balaban J connectivity index is 1.38. The summed E-state index contributed by atoms with van der Waals surface area (Å²) in [6.07, 6.45) is 11.0. The summed E-state index contributed by atoms with van der Waals surface area (Å²) < 4.78 is 0. The Labute approximate surface area is 177 Å². The van der Waals surface area contributed by atoms with Crippen LogP contribution in [0, 0.1) is 5.92 Å². The molecule has 3 heterocycles. The van der Waals surface area contributed by atoms with E-state index < -0.39 is 0 Å². The lowest BCUT2D eigenvalue weighted by Gasteiger charge is -2.30. The summed E-state index contributed by atoms with van der Waals surface area (Å²) in [6.45, 7) is 10.1. The molecule has 2 aliphatic rings. The van der Waals surface area contributed by atoms with Gasteiger partial charge in [-0.3, -0.25) is 4.99 Å². The van der Waals surface area contributed by atoms with E-state index in [0.29, 0.717) is 0 Å². The number of aromatic nitrogens is 1. The fourth-order valence-corrected chi connectivity index (χ4v) is 4.24. The number of hydrogen-bond acceptors (Lipinski definition) is 4. The molecule has 0 aromatic carbocycles. The van der Waals surface area contributed by atoms with E-state index in [9.17, 15) is 0 Å². The van der Waals surface area contributed by atoms with Crippen molar-refractivity contribution in [2.45, 2.75) is 58.4 Å². The Morgan fingerprint density at radius 2 is 1.86 bits per heavy atom. The lowest BCUT2D eigenvalue weighted by Crippen LogP contribution is -2.39. The molecule has 2 N–H and O–H groups in total. The van der Waals surface area contributed by atoms with Gasteiger partial charge in [-0.15, -0.1) is 0 Å². The van der Waals surface area contributed by atoms with Crippen molar-refractivity contribution in [2.75, 3.05) is 51.2 Å².